The van der Waals surface area contributed by atoms with Crippen LogP contribution >= 0.6 is 11.6 Å². The van der Waals surface area contributed by atoms with Crippen LogP contribution in [0.1, 0.15) is 5.69 Å². The molecular formula is C11H8ClFN6. The molecule has 0 radical (unpaired) electrons. The molecule has 0 spiro atoms. The number of nitrogens with zero attached hydrogens (tertiary/aromatic N) is 4. The van der Waals surface area contributed by atoms with Gasteiger partial charge in [0.15, 0.2) is 17.3 Å². The molecule has 0 atom stereocenters. The minimum Gasteiger partial charge on any atom is -0.306 e. The van der Waals surface area contributed by atoms with E-state index in [-0.39, 0.29) is 16.8 Å². The van der Waals surface area contributed by atoms with Crippen molar-refractivity contribution >= 4 is 34.4 Å². The van der Waals surface area contributed by atoms with Crippen LogP contribution in [0.15, 0.2) is 18.5 Å². The summed E-state index contributed by atoms with van der Waals surface area (Å²) in [4.78, 5) is 12.2. The van der Waals surface area contributed by atoms with Crippen LogP contribution in [0.3, 0.4) is 0 Å². The maximum Gasteiger partial charge on any atom is 0.230 e. The average Bonchev–Trinajstić information content (AvgIpc) is 2.81. The van der Waals surface area contributed by atoms with E-state index in [9.17, 15) is 4.39 Å². The smallest absolute Gasteiger partial charge is 0.230 e. The Balaban J connectivity index is 2.00. The summed E-state index contributed by atoms with van der Waals surface area (Å²) in [5.74, 6) is -0.316. The van der Waals surface area contributed by atoms with Gasteiger partial charge in [0.25, 0.3) is 0 Å². The number of anilines is 2. The molecule has 0 aliphatic heterocycles. The summed E-state index contributed by atoms with van der Waals surface area (Å²) in [5, 5.41) is 10.4. The normalized spacial score (nSPS) is 10.9. The molecule has 0 aromatic carbocycles. The minimum atomic E-state index is -0.571. The molecule has 0 aliphatic rings. The number of hydrogen-bond acceptors (Lipinski definition) is 5. The Morgan fingerprint density at radius 3 is 2.95 bits per heavy atom. The lowest BCUT2D eigenvalue weighted by Crippen LogP contribution is -2.02. The van der Waals surface area contributed by atoms with Crippen molar-refractivity contribution in [2.45, 2.75) is 6.92 Å². The van der Waals surface area contributed by atoms with Gasteiger partial charge in [-0.25, -0.2) is 14.4 Å². The largest absolute Gasteiger partial charge is 0.306 e. The number of nitrogens with one attached hydrogen (secondary N) is 2. The zero-order valence-corrected chi connectivity index (χ0v) is 10.5. The lowest BCUT2D eigenvalue weighted by Gasteiger charge is -2.06. The molecule has 96 valence electrons. The van der Waals surface area contributed by atoms with Crippen LogP contribution in [0.25, 0.3) is 11.0 Å². The van der Waals surface area contributed by atoms with Crippen molar-refractivity contribution in [3.63, 3.8) is 0 Å². The van der Waals surface area contributed by atoms with Gasteiger partial charge >= 0.3 is 0 Å². The fourth-order valence-electron chi connectivity index (χ4n) is 1.65. The number of halogens is 2. The van der Waals surface area contributed by atoms with Crippen molar-refractivity contribution in [1.29, 1.82) is 0 Å². The molecule has 3 rings (SSSR count). The van der Waals surface area contributed by atoms with E-state index in [1.807, 2.05) is 6.92 Å². The molecule has 0 aliphatic carbocycles. The van der Waals surface area contributed by atoms with Crippen LogP contribution in [0.5, 0.6) is 0 Å². The lowest BCUT2D eigenvalue weighted by molar-refractivity contribution is 0.626. The molecule has 0 amide bonds. The van der Waals surface area contributed by atoms with Gasteiger partial charge < -0.3 is 5.32 Å². The molecule has 3 aromatic heterocycles. The number of H-pyrrole nitrogens is 1. The first-order chi connectivity index (χ1) is 9.13. The van der Waals surface area contributed by atoms with E-state index in [4.69, 9.17) is 11.6 Å². The second kappa shape index (κ2) is 4.43. The Bertz CT molecular complexity index is 756. The number of rotatable bonds is 2. The Kier molecular flexibility index (Phi) is 2.75. The zero-order chi connectivity index (χ0) is 13.4. The van der Waals surface area contributed by atoms with Crippen LogP contribution in [0, 0.1) is 12.7 Å². The highest BCUT2D eigenvalue weighted by Gasteiger charge is 2.09. The SMILES string of the molecule is Cc1nc(Nc2ncc(Cl)cc2F)nc2[nH]ncc12. The van der Waals surface area contributed by atoms with Crippen molar-refractivity contribution in [2.75, 3.05) is 5.32 Å². The van der Waals surface area contributed by atoms with Crippen LogP contribution in [0.2, 0.25) is 5.02 Å². The summed E-state index contributed by atoms with van der Waals surface area (Å²) in [6.07, 6.45) is 2.98. The van der Waals surface area contributed by atoms with E-state index < -0.39 is 5.82 Å². The summed E-state index contributed by atoms with van der Waals surface area (Å²) < 4.78 is 13.6. The number of aryl methyl sites for hydroxylation is 1. The molecule has 6 nitrogen and oxygen atoms in total. The summed E-state index contributed by atoms with van der Waals surface area (Å²) in [6, 6.07) is 1.17. The maximum atomic E-state index is 13.6. The first kappa shape index (κ1) is 11.8. The first-order valence-corrected chi connectivity index (χ1v) is 5.77. The number of pyridine rings is 1. The second-order valence-electron chi connectivity index (χ2n) is 3.87. The fourth-order valence-corrected chi connectivity index (χ4v) is 1.79. The topological polar surface area (TPSA) is 79.4 Å². The molecule has 0 fully saturated rings. The molecule has 0 unspecified atom stereocenters. The highest BCUT2D eigenvalue weighted by molar-refractivity contribution is 6.30. The lowest BCUT2D eigenvalue weighted by atomic mass is 10.3. The molecule has 0 saturated carbocycles. The third kappa shape index (κ3) is 2.19. The van der Waals surface area contributed by atoms with Gasteiger partial charge in [-0.05, 0) is 13.0 Å². The van der Waals surface area contributed by atoms with E-state index in [1.54, 1.807) is 6.20 Å². The van der Waals surface area contributed by atoms with Gasteiger partial charge in [-0.3, -0.25) is 5.10 Å². The summed E-state index contributed by atoms with van der Waals surface area (Å²) in [5.41, 5.74) is 1.31. The summed E-state index contributed by atoms with van der Waals surface area (Å²) in [6.45, 7) is 1.82. The van der Waals surface area contributed by atoms with Gasteiger partial charge in [0.2, 0.25) is 5.95 Å². The Labute approximate surface area is 112 Å². The van der Waals surface area contributed by atoms with Crippen LogP contribution in [0.4, 0.5) is 16.2 Å². The van der Waals surface area contributed by atoms with Gasteiger partial charge in [-0.15, -0.1) is 0 Å². The van der Waals surface area contributed by atoms with Crippen molar-refractivity contribution in [2.24, 2.45) is 0 Å². The highest BCUT2D eigenvalue weighted by Crippen LogP contribution is 2.20. The molecule has 3 heterocycles. The van der Waals surface area contributed by atoms with E-state index >= 15 is 0 Å². The predicted octanol–water partition coefficient (Wildman–Crippen LogP) is 2.59. The zero-order valence-electron chi connectivity index (χ0n) is 9.78. The second-order valence-corrected chi connectivity index (χ2v) is 4.31. The standard InChI is InChI=1S/C11H8ClFN6/c1-5-7-4-15-19-9(7)17-11(16-5)18-10-8(13)2-6(12)3-14-10/h2-4H,1H3,(H2,14,15,16,17,18,19). The number of aromatic amines is 1. The van der Waals surface area contributed by atoms with Gasteiger partial charge in [0.05, 0.1) is 22.3 Å². The van der Waals surface area contributed by atoms with E-state index in [2.05, 4.69) is 30.5 Å². The summed E-state index contributed by atoms with van der Waals surface area (Å²) >= 11 is 5.63. The van der Waals surface area contributed by atoms with Gasteiger partial charge in [0.1, 0.15) is 0 Å². The molecule has 0 saturated heterocycles. The van der Waals surface area contributed by atoms with E-state index in [1.165, 1.54) is 12.3 Å². The van der Waals surface area contributed by atoms with Crippen molar-refractivity contribution in [3.8, 4) is 0 Å². The Morgan fingerprint density at radius 2 is 2.16 bits per heavy atom. The maximum absolute atomic E-state index is 13.6. The predicted molar refractivity (Wildman–Crippen MR) is 68.9 cm³/mol. The third-order valence-corrected chi connectivity index (χ3v) is 2.75. The number of fused-ring (bicyclic) bond motifs is 1. The van der Waals surface area contributed by atoms with E-state index in [0.29, 0.717) is 5.65 Å². The average molecular weight is 279 g/mol. The fraction of sp³-hybridized carbons (Fsp3) is 0.0909. The highest BCUT2D eigenvalue weighted by atomic mass is 35.5. The molecule has 0 bridgehead atoms. The van der Waals surface area contributed by atoms with Crippen LogP contribution in [-0.2, 0) is 0 Å². The molecule has 8 heteroatoms. The van der Waals surface area contributed by atoms with Gasteiger partial charge in [-0.1, -0.05) is 11.6 Å². The van der Waals surface area contributed by atoms with Crippen LogP contribution < -0.4 is 5.32 Å². The Morgan fingerprint density at radius 1 is 1.32 bits per heavy atom. The molecular weight excluding hydrogens is 271 g/mol. The van der Waals surface area contributed by atoms with Crippen molar-refractivity contribution in [3.05, 3.63) is 35.0 Å². The molecule has 19 heavy (non-hydrogen) atoms. The Hall–Kier alpha value is -2.28. The molecule has 2 N–H and O–H groups in total. The quantitative estimate of drug-likeness (QED) is 0.753. The molecule has 3 aromatic rings. The van der Waals surface area contributed by atoms with E-state index in [0.717, 1.165) is 11.1 Å². The number of hydrogen-bond donors (Lipinski definition) is 2. The van der Waals surface area contributed by atoms with Crippen molar-refractivity contribution in [1.82, 2.24) is 25.1 Å². The van der Waals surface area contributed by atoms with Gasteiger partial charge in [0, 0.05) is 6.20 Å². The number of aromatic nitrogens is 5. The third-order valence-electron chi connectivity index (χ3n) is 2.54. The summed E-state index contributed by atoms with van der Waals surface area (Å²) in [7, 11) is 0. The van der Waals surface area contributed by atoms with Crippen LogP contribution in [-0.4, -0.2) is 25.1 Å². The van der Waals surface area contributed by atoms with Crippen molar-refractivity contribution < 1.29 is 4.39 Å². The minimum absolute atomic E-state index is 0.0164. The monoisotopic (exact) mass is 278 g/mol. The van der Waals surface area contributed by atoms with Gasteiger partial charge in [-0.2, -0.15) is 10.1 Å². The first-order valence-electron chi connectivity index (χ1n) is 5.39.